The van der Waals surface area contributed by atoms with Crippen molar-refractivity contribution >= 4 is 16.5 Å². The fourth-order valence-electron chi connectivity index (χ4n) is 2.13. The summed E-state index contributed by atoms with van der Waals surface area (Å²) in [5.41, 5.74) is 5.58. The molecule has 1 saturated heterocycles. The molecule has 0 amide bonds. The molecule has 0 spiro atoms. The van der Waals surface area contributed by atoms with E-state index in [1.807, 2.05) is 6.20 Å². The minimum absolute atomic E-state index is 0.294. The van der Waals surface area contributed by atoms with Crippen LogP contribution in [0.1, 0.15) is 11.8 Å². The molecule has 1 fully saturated rings. The molecule has 0 saturated carbocycles. The van der Waals surface area contributed by atoms with Crippen LogP contribution in [0.4, 0.5) is 5.13 Å². The second-order valence-electron chi connectivity index (χ2n) is 4.28. The Kier molecular flexibility index (Phi) is 3.23. The van der Waals surface area contributed by atoms with Crippen LogP contribution >= 0.6 is 11.3 Å². The molecule has 1 aliphatic rings. The smallest absolute Gasteiger partial charge is 0.180 e. The van der Waals surface area contributed by atoms with Crippen LogP contribution < -0.4 is 5.73 Å². The van der Waals surface area contributed by atoms with Crippen molar-refractivity contribution in [1.29, 1.82) is 0 Å². The van der Waals surface area contributed by atoms with Gasteiger partial charge in [0.15, 0.2) is 5.13 Å². The first-order chi connectivity index (χ1) is 7.19. The van der Waals surface area contributed by atoms with E-state index in [4.69, 9.17) is 10.8 Å². The Morgan fingerprint density at radius 1 is 1.67 bits per heavy atom. The SMILES string of the molecule is C[C@@H]1CN(Cc2cnc(N)s2)C[C@H]1CO. The lowest BCUT2D eigenvalue weighted by Gasteiger charge is -2.13. The lowest BCUT2D eigenvalue weighted by Crippen LogP contribution is -2.20. The van der Waals surface area contributed by atoms with E-state index in [9.17, 15) is 0 Å². The van der Waals surface area contributed by atoms with Crippen molar-refractivity contribution in [2.24, 2.45) is 11.8 Å². The molecule has 0 aliphatic carbocycles. The van der Waals surface area contributed by atoms with Gasteiger partial charge in [0.2, 0.25) is 0 Å². The molecule has 0 radical (unpaired) electrons. The Labute approximate surface area is 93.7 Å². The molecule has 1 aliphatic heterocycles. The number of hydrogen-bond acceptors (Lipinski definition) is 5. The van der Waals surface area contributed by atoms with Gasteiger partial charge in [0.05, 0.1) is 0 Å². The number of nitrogen functional groups attached to an aromatic ring is 1. The van der Waals surface area contributed by atoms with Gasteiger partial charge in [-0.1, -0.05) is 6.92 Å². The number of hydrogen-bond donors (Lipinski definition) is 2. The number of nitrogens with two attached hydrogens (primary N) is 1. The van der Waals surface area contributed by atoms with Crippen molar-refractivity contribution in [3.8, 4) is 0 Å². The topological polar surface area (TPSA) is 62.4 Å². The fourth-order valence-corrected chi connectivity index (χ4v) is 2.85. The van der Waals surface area contributed by atoms with Gasteiger partial charge in [0.25, 0.3) is 0 Å². The Morgan fingerprint density at radius 3 is 3.00 bits per heavy atom. The van der Waals surface area contributed by atoms with Crippen molar-refractivity contribution < 1.29 is 5.11 Å². The third kappa shape index (κ3) is 2.48. The molecule has 2 atom stereocenters. The van der Waals surface area contributed by atoms with E-state index in [0.717, 1.165) is 19.6 Å². The number of aliphatic hydroxyl groups excluding tert-OH is 1. The number of thiazole rings is 1. The molecule has 0 unspecified atom stereocenters. The summed E-state index contributed by atoms with van der Waals surface area (Å²) >= 11 is 1.55. The molecule has 3 N–H and O–H groups in total. The second kappa shape index (κ2) is 4.47. The molecular weight excluding hydrogens is 210 g/mol. The molecule has 0 bridgehead atoms. The lowest BCUT2D eigenvalue weighted by atomic mass is 10.00. The number of aliphatic hydroxyl groups is 1. The summed E-state index contributed by atoms with van der Waals surface area (Å²) < 4.78 is 0. The number of likely N-dealkylation sites (tertiary alicyclic amines) is 1. The number of anilines is 1. The summed E-state index contributed by atoms with van der Waals surface area (Å²) in [4.78, 5) is 7.60. The first-order valence-corrected chi connectivity index (χ1v) is 6.04. The molecule has 0 aromatic carbocycles. The Morgan fingerprint density at radius 2 is 2.47 bits per heavy atom. The van der Waals surface area contributed by atoms with Crippen molar-refractivity contribution in [3.63, 3.8) is 0 Å². The Hall–Kier alpha value is -0.650. The molecule has 15 heavy (non-hydrogen) atoms. The molecule has 4 nitrogen and oxygen atoms in total. The molecule has 84 valence electrons. The maximum Gasteiger partial charge on any atom is 0.180 e. The van der Waals surface area contributed by atoms with E-state index in [1.54, 1.807) is 11.3 Å². The first-order valence-electron chi connectivity index (χ1n) is 5.22. The van der Waals surface area contributed by atoms with Gasteiger partial charge in [0.1, 0.15) is 0 Å². The quantitative estimate of drug-likeness (QED) is 0.801. The Bertz CT molecular complexity index is 328. The van der Waals surface area contributed by atoms with Gasteiger partial charge in [-0.3, -0.25) is 4.90 Å². The van der Waals surface area contributed by atoms with Crippen LogP contribution in [0.25, 0.3) is 0 Å². The summed E-state index contributed by atoms with van der Waals surface area (Å²) in [7, 11) is 0. The maximum atomic E-state index is 9.17. The van der Waals surface area contributed by atoms with Gasteiger partial charge in [-0.2, -0.15) is 0 Å². The van der Waals surface area contributed by atoms with Crippen LogP contribution in [0.5, 0.6) is 0 Å². The zero-order valence-electron chi connectivity index (χ0n) is 8.89. The van der Waals surface area contributed by atoms with Gasteiger partial charge < -0.3 is 10.8 Å². The highest BCUT2D eigenvalue weighted by Crippen LogP contribution is 2.25. The standard InChI is InChI=1S/C10H17N3OS/c1-7-3-13(4-8(7)6-14)5-9-2-12-10(11)15-9/h2,7-8,14H,3-6H2,1H3,(H2,11,12)/t7-,8+/m1/s1. The summed E-state index contributed by atoms with van der Waals surface area (Å²) in [6.45, 7) is 5.44. The summed E-state index contributed by atoms with van der Waals surface area (Å²) in [6, 6.07) is 0. The van der Waals surface area contributed by atoms with Gasteiger partial charge in [-0.25, -0.2) is 4.98 Å². The van der Waals surface area contributed by atoms with Gasteiger partial charge in [-0.05, 0) is 11.8 Å². The van der Waals surface area contributed by atoms with Crippen molar-refractivity contribution in [2.75, 3.05) is 25.4 Å². The predicted molar refractivity (Wildman–Crippen MR) is 61.5 cm³/mol. The van der Waals surface area contributed by atoms with Crippen molar-refractivity contribution in [2.45, 2.75) is 13.5 Å². The zero-order valence-corrected chi connectivity index (χ0v) is 9.70. The highest BCUT2D eigenvalue weighted by atomic mass is 32.1. The summed E-state index contributed by atoms with van der Waals surface area (Å²) in [5.74, 6) is 1.01. The summed E-state index contributed by atoms with van der Waals surface area (Å²) in [5, 5.41) is 9.80. The van der Waals surface area contributed by atoms with Crippen LogP contribution in [-0.2, 0) is 6.54 Å². The van der Waals surface area contributed by atoms with Crippen molar-refractivity contribution in [1.82, 2.24) is 9.88 Å². The molecule has 5 heteroatoms. The predicted octanol–water partition coefficient (Wildman–Crippen LogP) is 0.785. The molecule has 1 aromatic heterocycles. The van der Waals surface area contributed by atoms with E-state index in [1.165, 1.54) is 4.88 Å². The minimum Gasteiger partial charge on any atom is -0.396 e. The first kappa shape index (κ1) is 10.9. The second-order valence-corrected chi connectivity index (χ2v) is 5.43. The highest BCUT2D eigenvalue weighted by Gasteiger charge is 2.28. The third-order valence-corrected chi connectivity index (χ3v) is 3.84. The van der Waals surface area contributed by atoms with Crippen LogP contribution in [0, 0.1) is 11.8 Å². The zero-order chi connectivity index (χ0) is 10.8. The maximum absolute atomic E-state index is 9.17. The van der Waals surface area contributed by atoms with E-state index in [-0.39, 0.29) is 0 Å². The molecular formula is C10H17N3OS. The average molecular weight is 227 g/mol. The van der Waals surface area contributed by atoms with E-state index in [2.05, 4.69) is 16.8 Å². The van der Waals surface area contributed by atoms with Gasteiger partial charge in [-0.15, -0.1) is 11.3 Å². The largest absolute Gasteiger partial charge is 0.396 e. The normalized spacial score (nSPS) is 27.3. The van der Waals surface area contributed by atoms with Crippen LogP contribution in [0.3, 0.4) is 0 Å². The van der Waals surface area contributed by atoms with Crippen LogP contribution in [0.2, 0.25) is 0 Å². The Balaban J connectivity index is 1.92. The number of nitrogens with zero attached hydrogens (tertiary/aromatic N) is 2. The van der Waals surface area contributed by atoms with E-state index in [0.29, 0.717) is 23.6 Å². The van der Waals surface area contributed by atoms with Crippen LogP contribution in [0.15, 0.2) is 6.20 Å². The van der Waals surface area contributed by atoms with Crippen LogP contribution in [-0.4, -0.2) is 34.7 Å². The molecule has 1 aromatic rings. The van der Waals surface area contributed by atoms with E-state index < -0.39 is 0 Å². The van der Waals surface area contributed by atoms with Gasteiger partial charge >= 0.3 is 0 Å². The third-order valence-electron chi connectivity index (χ3n) is 3.03. The fraction of sp³-hybridized carbons (Fsp3) is 0.700. The van der Waals surface area contributed by atoms with E-state index >= 15 is 0 Å². The van der Waals surface area contributed by atoms with Crippen molar-refractivity contribution in [3.05, 3.63) is 11.1 Å². The molecule has 2 rings (SSSR count). The highest BCUT2D eigenvalue weighted by molar-refractivity contribution is 7.15. The van der Waals surface area contributed by atoms with Gasteiger partial charge in [0, 0.05) is 37.3 Å². The number of rotatable bonds is 3. The minimum atomic E-state index is 0.294. The lowest BCUT2D eigenvalue weighted by molar-refractivity contribution is 0.204. The average Bonchev–Trinajstić information content (AvgIpc) is 2.73. The molecule has 2 heterocycles. The number of aromatic nitrogens is 1. The monoisotopic (exact) mass is 227 g/mol. The summed E-state index contributed by atoms with van der Waals surface area (Å²) in [6.07, 6.45) is 1.84.